The van der Waals surface area contributed by atoms with Crippen molar-refractivity contribution in [1.82, 2.24) is 19.9 Å². The zero-order valence-electron chi connectivity index (χ0n) is 21.4. The normalized spacial score (nSPS) is 16.6. The first-order valence-corrected chi connectivity index (χ1v) is 12.1. The molecule has 10 nitrogen and oxygen atoms in total. The van der Waals surface area contributed by atoms with Crippen LogP contribution in [0.3, 0.4) is 0 Å². The number of ether oxygens (including phenoxy) is 1. The maximum Gasteiger partial charge on any atom is 0.407 e. The van der Waals surface area contributed by atoms with Gasteiger partial charge < -0.3 is 25.4 Å². The molecular formula is C26H34N6O4. The Labute approximate surface area is 210 Å². The summed E-state index contributed by atoms with van der Waals surface area (Å²) >= 11 is 0. The summed E-state index contributed by atoms with van der Waals surface area (Å²) in [7, 11) is 0. The van der Waals surface area contributed by atoms with Crippen LogP contribution in [0.1, 0.15) is 63.4 Å². The molecule has 36 heavy (non-hydrogen) atoms. The van der Waals surface area contributed by atoms with Crippen LogP contribution in [-0.4, -0.2) is 56.4 Å². The molecular weight excluding hydrogens is 460 g/mol. The van der Waals surface area contributed by atoms with Crippen molar-refractivity contribution in [3.05, 3.63) is 53.7 Å². The fourth-order valence-electron chi connectivity index (χ4n) is 4.18. The average molecular weight is 495 g/mol. The molecule has 1 aliphatic rings. The number of benzene rings is 1. The molecule has 0 unspecified atom stereocenters. The zero-order chi connectivity index (χ0) is 26.1. The summed E-state index contributed by atoms with van der Waals surface area (Å²) in [6.07, 6.45) is 2.94. The fraction of sp³-hybridized carbons (Fsp3) is 0.462. The van der Waals surface area contributed by atoms with Gasteiger partial charge in [-0.3, -0.25) is 4.79 Å². The molecule has 2 amide bonds. The van der Waals surface area contributed by atoms with E-state index in [2.05, 4.69) is 25.6 Å². The zero-order valence-corrected chi connectivity index (χ0v) is 21.4. The van der Waals surface area contributed by atoms with E-state index < -0.39 is 17.3 Å². The molecule has 0 saturated carbocycles. The first-order valence-electron chi connectivity index (χ1n) is 12.1. The van der Waals surface area contributed by atoms with Crippen LogP contribution in [0.15, 0.2) is 42.6 Å². The number of alkyl carbamates (subject to hydrolysis) is 1. The summed E-state index contributed by atoms with van der Waals surface area (Å²) in [5.41, 5.74) is 0.233. The van der Waals surface area contributed by atoms with Crippen LogP contribution in [0.5, 0.6) is 0 Å². The number of aromatic nitrogens is 3. The van der Waals surface area contributed by atoms with Gasteiger partial charge in [-0.15, -0.1) is 0 Å². The number of rotatable bonds is 5. The van der Waals surface area contributed by atoms with Gasteiger partial charge in [0, 0.05) is 36.8 Å². The van der Waals surface area contributed by atoms with Gasteiger partial charge >= 0.3 is 6.09 Å². The number of carbonyl (C=O) groups excluding carboxylic acids is 2. The molecule has 10 heteroatoms. The number of anilines is 2. The van der Waals surface area contributed by atoms with E-state index in [1.165, 1.54) is 0 Å². The van der Waals surface area contributed by atoms with Crippen LogP contribution in [-0.2, 0) is 10.3 Å². The Bertz CT molecular complexity index is 1240. The summed E-state index contributed by atoms with van der Waals surface area (Å²) < 4.78 is 7.14. The smallest absolute Gasteiger partial charge is 0.407 e. The predicted octanol–water partition coefficient (Wildman–Crippen LogP) is 3.70. The summed E-state index contributed by atoms with van der Waals surface area (Å²) in [6.45, 7) is 10.3. The van der Waals surface area contributed by atoms with Gasteiger partial charge in [-0.25, -0.2) is 9.78 Å². The first-order chi connectivity index (χ1) is 16.9. The van der Waals surface area contributed by atoms with E-state index >= 15 is 0 Å². The number of carbonyl (C=O) groups is 2. The molecule has 0 bridgehead atoms. The monoisotopic (exact) mass is 494 g/mol. The van der Waals surface area contributed by atoms with E-state index in [9.17, 15) is 14.7 Å². The summed E-state index contributed by atoms with van der Waals surface area (Å²) in [6, 6.07) is 10.3. The molecule has 3 N–H and O–H groups in total. The largest absolute Gasteiger partial charge is 0.444 e. The van der Waals surface area contributed by atoms with E-state index in [0.717, 1.165) is 30.8 Å². The molecule has 0 radical (unpaired) electrons. The van der Waals surface area contributed by atoms with E-state index in [1.54, 1.807) is 61.0 Å². The third-order valence-corrected chi connectivity index (χ3v) is 5.90. The third-order valence-electron chi connectivity index (χ3n) is 5.90. The molecule has 3 aromatic rings. The molecule has 1 atom stereocenters. The quantitative estimate of drug-likeness (QED) is 0.494. The minimum absolute atomic E-state index is 0.0836. The lowest BCUT2D eigenvalue weighted by molar-refractivity contribution is 0.0499. The maximum absolute atomic E-state index is 12.9. The summed E-state index contributed by atoms with van der Waals surface area (Å²) in [4.78, 5) is 31.9. The SMILES string of the molecule is CC(C)(C)OC(=O)N[C@H]1CCCN(c2cc(NC(=O)c3ccc(C(C)(C)O)cc3)nc3ccnn23)C1. The van der Waals surface area contributed by atoms with Gasteiger partial charge in [0.25, 0.3) is 5.91 Å². The van der Waals surface area contributed by atoms with Gasteiger partial charge in [0.1, 0.15) is 17.2 Å². The number of nitrogens with one attached hydrogen (secondary N) is 2. The van der Waals surface area contributed by atoms with Crippen LogP contribution in [0, 0.1) is 0 Å². The molecule has 4 rings (SSSR count). The van der Waals surface area contributed by atoms with Crippen LogP contribution >= 0.6 is 0 Å². The molecule has 0 aliphatic carbocycles. The minimum Gasteiger partial charge on any atom is -0.444 e. The van der Waals surface area contributed by atoms with E-state index in [0.29, 0.717) is 23.6 Å². The lowest BCUT2D eigenvalue weighted by Crippen LogP contribution is -2.49. The summed E-state index contributed by atoms with van der Waals surface area (Å²) in [5.74, 6) is 0.868. The van der Waals surface area contributed by atoms with Gasteiger partial charge in [-0.1, -0.05) is 12.1 Å². The van der Waals surface area contributed by atoms with Crippen molar-refractivity contribution in [2.75, 3.05) is 23.3 Å². The van der Waals surface area contributed by atoms with E-state index in [-0.39, 0.29) is 11.9 Å². The van der Waals surface area contributed by atoms with Crippen molar-refractivity contribution in [3.8, 4) is 0 Å². The molecule has 1 fully saturated rings. The van der Waals surface area contributed by atoms with Gasteiger partial charge in [0.15, 0.2) is 5.65 Å². The van der Waals surface area contributed by atoms with Crippen LogP contribution in [0.2, 0.25) is 0 Å². The van der Waals surface area contributed by atoms with Crippen molar-refractivity contribution in [2.45, 2.75) is 64.7 Å². The Morgan fingerprint density at radius 1 is 1.11 bits per heavy atom. The number of amides is 2. The van der Waals surface area contributed by atoms with Gasteiger partial charge in [-0.2, -0.15) is 9.61 Å². The second kappa shape index (κ2) is 9.77. The number of fused-ring (bicyclic) bond motifs is 1. The van der Waals surface area contributed by atoms with Crippen LogP contribution < -0.4 is 15.5 Å². The highest BCUT2D eigenvalue weighted by Gasteiger charge is 2.26. The molecule has 3 heterocycles. The van der Waals surface area contributed by atoms with Gasteiger partial charge in [0.05, 0.1) is 11.8 Å². The topological polar surface area (TPSA) is 121 Å². The summed E-state index contributed by atoms with van der Waals surface area (Å²) in [5, 5.41) is 20.4. The second-order valence-corrected chi connectivity index (χ2v) is 10.6. The molecule has 2 aromatic heterocycles. The molecule has 1 saturated heterocycles. The van der Waals surface area contributed by atoms with Crippen molar-refractivity contribution in [2.24, 2.45) is 0 Å². The highest BCUT2D eigenvalue weighted by Crippen LogP contribution is 2.25. The molecule has 1 aliphatic heterocycles. The number of hydrogen-bond acceptors (Lipinski definition) is 7. The van der Waals surface area contributed by atoms with Crippen molar-refractivity contribution in [3.63, 3.8) is 0 Å². The Balaban J connectivity index is 1.52. The van der Waals surface area contributed by atoms with E-state index in [4.69, 9.17) is 4.74 Å². The Kier molecular flexibility index (Phi) is 6.90. The van der Waals surface area contributed by atoms with Gasteiger partial charge in [-0.05, 0) is 65.2 Å². The lowest BCUT2D eigenvalue weighted by Gasteiger charge is -2.35. The van der Waals surface area contributed by atoms with Crippen LogP contribution in [0.4, 0.5) is 16.4 Å². The van der Waals surface area contributed by atoms with E-state index in [1.807, 2.05) is 20.8 Å². The molecule has 1 aromatic carbocycles. The number of hydrogen-bond donors (Lipinski definition) is 3. The van der Waals surface area contributed by atoms with Crippen molar-refractivity contribution >= 4 is 29.3 Å². The number of nitrogens with zero attached hydrogens (tertiary/aromatic N) is 4. The average Bonchev–Trinajstić information content (AvgIpc) is 3.25. The van der Waals surface area contributed by atoms with Crippen LogP contribution in [0.25, 0.3) is 5.65 Å². The van der Waals surface area contributed by atoms with Crippen molar-refractivity contribution < 1.29 is 19.4 Å². The first kappa shape index (κ1) is 25.4. The highest BCUT2D eigenvalue weighted by molar-refractivity contribution is 6.04. The maximum atomic E-state index is 12.9. The number of aliphatic hydroxyl groups is 1. The number of piperidine rings is 1. The van der Waals surface area contributed by atoms with Gasteiger partial charge in [0.2, 0.25) is 0 Å². The predicted molar refractivity (Wildman–Crippen MR) is 137 cm³/mol. The Hall–Kier alpha value is -3.66. The Morgan fingerprint density at radius 2 is 1.83 bits per heavy atom. The third kappa shape index (κ3) is 6.12. The second-order valence-electron chi connectivity index (χ2n) is 10.6. The fourth-order valence-corrected chi connectivity index (χ4v) is 4.18. The Morgan fingerprint density at radius 3 is 2.50 bits per heavy atom. The molecule has 192 valence electrons. The molecule has 0 spiro atoms. The standard InChI is InChI=1S/C26H34N6O4/c1-25(2,3)36-24(34)28-19-7-6-14-31(16-19)22-15-20(29-21-12-13-27-32(21)22)30-23(33)17-8-10-18(11-9-17)26(4,5)35/h8-13,15,19,35H,6-7,14,16H2,1-5H3,(H,28,34)(H,29,30,33)/t19-/m0/s1. The lowest BCUT2D eigenvalue weighted by atomic mass is 9.97. The highest BCUT2D eigenvalue weighted by atomic mass is 16.6. The minimum atomic E-state index is -0.983. The van der Waals surface area contributed by atoms with Crippen molar-refractivity contribution in [1.29, 1.82) is 0 Å².